The van der Waals surface area contributed by atoms with Gasteiger partial charge in [-0.05, 0) is 54.1 Å². The minimum absolute atomic E-state index is 0.0106. The molecule has 0 spiro atoms. The quantitative estimate of drug-likeness (QED) is 0.238. The Kier molecular flexibility index (Phi) is 6.60. The van der Waals surface area contributed by atoms with E-state index in [0.717, 1.165) is 16.3 Å². The number of benzene rings is 4. The van der Waals surface area contributed by atoms with Crippen LogP contribution < -0.4 is 14.3 Å². The van der Waals surface area contributed by atoms with Gasteiger partial charge in [0.1, 0.15) is 4.90 Å². The van der Waals surface area contributed by atoms with Crippen LogP contribution in [0, 0.1) is 6.92 Å². The van der Waals surface area contributed by atoms with Crippen LogP contribution in [0.5, 0.6) is 11.5 Å². The molecule has 0 unspecified atom stereocenters. The first kappa shape index (κ1) is 23.0. The monoisotopic (exact) mass is 474 g/mol. The molecule has 0 aliphatic carbocycles. The SMILES string of the molecule is COc1cccc(/C=N\NC(=O)c2ccc3ccccc3c2)c1OS(=O)(=O)c1ccc(C)cc1. The van der Waals surface area contributed by atoms with Crippen molar-refractivity contribution in [3.8, 4) is 11.5 Å². The Bertz CT molecular complexity index is 1480. The van der Waals surface area contributed by atoms with E-state index in [1.165, 1.54) is 25.5 Å². The summed E-state index contributed by atoms with van der Waals surface area (Å²) in [5.74, 6) is -0.227. The summed E-state index contributed by atoms with van der Waals surface area (Å²) in [6, 6.07) is 24.2. The number of amides is 1. The largest absolute Gasteiger partial charge is 0.493 e. The summed E-state index contributed by atoms with van der Waals surface area (Å²) < 4.78 is 36.3. The lowest BCUT2D eigenvalue weighted by Gasteiger charge is -2.13. The van der Waals surface area contributed by atoms with Crippen molar-refractivity contribution in [1.82, 2.24) is 5.43 Å². The number of methoxy groups -OCH3 is 1. The van der Waals surface area contributed by atoms with Gasteiger partial charge in [0.05, 0.1) is 13.3 Å². The standard InChI is InChI=1S/C26H22N2O5S/c1-18-10-14-23(15-11-18)34(30,31)33-25-22(8-5-9-24(25)32-2)17-27-28-26(29)21-13-12-19-6-3-4-7-20(19)16-21/h3-17H,1-2H3,(H,28,29)/b27-17-. The molecule has 0 bridgehead atoms. The lowest BCUT2D eigenvalue weighted by Crippen LogP contribution is -2.17. The zero-order valence-electron chi connectivity index (χ0n) is 18.6. The molecule has 172 valence electrons. The van der Waals surface area contributed by atoms with Gasteiger partial charge in [0, 0.05) is 11.1 Å². The van der Waals surface area contributed by atoms with Crippen molar-refractivity contribution in [2.75, 3.05) is 7.11 Å². The van der Waals surface area contributed by atoms with Crippen LogP contribution in [-0.2, 0) is 10.1 Å². The number of nitrogens with zero attached hydrogens (tertiary/aromatic N) is 1. The van der Waals surface area contributed by atoms with Crippen LogP contribution in [0.4, 0.5) is 0 Å². The Morgan fingerprint density at radius 1 is 0.912 bits per heavy atom. The van der Waals surface area contributed by atoms with Crippen molar-refractivity contribution in [3.63, 3.8) is 0 Å². The Labute approximate surface area is 197 Å². The number of hydrogen-bond acceptors (Lipinski definition) is 6. The highest BCUT2D eigenvalue weighted by molar-refractivity contribution is 7.87. The van der Waals surface area contributed by atoms with Crippen molar-refractivity contribution in [1.29, 1.82) is 0 Å². The molecule has 0 aromatic heterocycles. The fourth-order valence-corrected chi connectivity index (χ4v) is 4.27. The van der Waals surface area contributed by atoms with Gasteiger partial charge < -0.3 is 8.92 Å². The summed E-state index contributed by atoms with van der Waals surface area (Å²) in [5, 5.41) is 5.95. The number of hydrazone groups is 1. The smallest absolute Gasteiger partial charge is 0.339 e. The highest BCUT2D eigenvalue weighted by Crippen LogP contribution is 2.32. The summed E-state index contributed by atoms with van der Waals surface area (Å²) in [7, 11) is -2.71. The molecule has 0 fully saturated rings. The predicted octanol–water partition coefficient (Wildman–Crippen LogP) is 4.69. The van der Waals surface area contributed by atoms with Gasteiger partial charge >= 0.3 is 10.1 Å². The van der Waals surface area contributed by atoms with Gasteiger partial charge in [0.15, 0.2) is 11.5 Å². The van der Waals surface area contributed by atoms with E-state index < -0.39 is 16.0 Å². The van der Waals surface area contributed by atoms with E-state index in [1.54, 1.807) is 42.5 Å². The number of ether oxygens (including phenoxy) is 1. The fraction of sp³-hybridized carbons (Fsp3) is 0.0769. The minimum atomic E-state index is -4.12. The second-order valence-electron chi connectivity index (χ2n) is 7.49. The number of aryl methyl sites for hydroxylation is 1. The molecule has 1 amide bonds. The number of carbonyl (C=O) groups is 1. The molecule has 4 rings (SSSR count). The molecule has 0 aliphatic heterocycles. The predicted molar refractivity (Wildman–Crippen MR) is 131 cm³/mol. The normalized spacial score (nSPS) is 11.5. The Morgan fingerprint density at radius 3 is 2.38 bits per heavy atom. The molecule has 4 aromatic carbocycles. The van der Waals surface area contributed by atoms with Crippen LogP contribution in [0.25, 0.3) is 10.8 Å². The van der Waals surface area contributed by atoms with Gasteiger partial charge in [-0.25, -0.2) is 5.43 Å². The molecule has 34 heavy (non-hydrogen) atoms. The molecule has 8 heteroatoms. The first-order chi connectivity index (χ1) is 16.4. The summed E-state index contributed by atoms with van der Waals surface area (Å²) in [6.07, 6.45) is 1.31. The number of nitrogens with one attached hydrogen (secondary N) is 1. The van der Waals surface area contributed by atoms with E-state index in [-0.39, 0.29) is 16.4 Å². The molecule has 0 heterocycles. The second kappa shape index (κ2) is 9.76. The van der Waals surface area contributed by atoms with Crippen LogP contribution in [-0.4, -0.2) is 27.6 Å². The number of para-hydroxylation sites is 1. The zero-order valence-corrected chi connectivity index (χ0v) is 19.4. The van der Waals surface area contributed by atoms with Crippen molar-refractivity contribution in [3.05, 3.63) is 102 Å². The molecule has 7 nitrogen and oxygen atoms in total. The summed E-state index contributed by atoms with van der Waals surface area (Å²) >= 11 is 0. The van der Waals surface area contributed by atoms with Crippen LogP contribution >= 0.6 is 0 Å². The molecule has 1 N–H and O–H groups in total. The van der Waals surface area contributed by atoms with Gasteiger partial charge in [-0.15, -0.1) is 0 Å². The van der Waals surface area contributed by atoms with Gasteiger partial charge in [-0.1, -0.05) is 54.1 Å². The van der Waals surface area contributed by atoms with E-state index in [4.69, 9.17) is 8.92 Å². The Hall–Kier alpha value is -4.17. The highest BCUT2D eigenvalue weighted by Gasteiger charge is 2.21. The minimum Gasteiger partial charge on any atom is -0.493 e. The zero-order chi connectivity index (χ0) is 24.1. The average Bonchev–Trinajstić information content (AvgIpc) is 2.84. The van der Waals surface area contributed by atoms with Gasteiger partial charge in [0.25, 0.3) is 5.91 Å². The molecule has 0 saturated carbocycles. The molecule has 0 aliphatic rings. The maximum absolute atomic E-state index is 12.8. The molecule has 4 aromatic rings. The van der Waals surface area contributed by atoms with Crippen molar-refractivity contribution >= 4 is 33.0 Å². The van der Waals surface area contributed by atoms with E-state index in [2.05, 4.69) is 10.5 Å². The molecular weight excluding hydrogens is 452 g/mol. The third-order valence-corrected chi connectivity index (χ3v) is 6.35. The van der Waals surface area contributed by atoms with Crippen LogP contribution in [0.2, 0.25) is 0 Å². The van der Waals surface area contributed by atoms with E-state index in [0.29, 0.717) is 11.1 Å². The van der Waals surface area contributed by atoms with Crippen molar-refractivity contribution < 1.29 is 22.1 Å². The van der Waals surface area contributed by atoms with E-state index >= 15 is 0 Å². The first-order valence-electron chi connectivity index (χ1n) is 10.4. The number of carbonyl (C=O) groups excluding carboxylic acids is 1. The lowest BCUT2D eigenvalue weighted by molar-refractivity contribution is 0.0955. The Morgan fingerprint density at radius 2 is 1.65 bits per heavy atom. The Balaban J connectivity index is 1.57. The maximum atomic E-state index is 12.8. The van der Waals surface area contributed by atoms with Crippen molar-refractivity contribution in [2.45, 2.75) is 11.8 Å². The molecule has 0 radical (unpaired) electrons. The second-order valence-corrected chi connectivity index (χ2v) is 9.04. The number of fused-ring (bicyclic) bond motifs is 1. The highest BCUT2D eigenvalue weighted by atomic mass is 32.2. The van der Waals surface area contributed by atoms with Gasteiger partial charge in [-0.2, -0.15) is 13.5 Å². The third-order valence-electron chi connectivity index (χ3n) is 5.11. The van der Waals surface area contributed by atoms with Crippen LogP contribution in [0.1, 0.15) is 21.5 Å². The van der Waals surface area contributed by atoms with E-state index in [9.17, 15) is 13.2 Å². The fourth-order valence-electron chi connectivity index (χ4n) is 3.30. The van der Waals surface area contributed by atoms with Gasteiger partial charge in [-0.3, -0.25) is 4.79 Å². The van der Waals surface area contributed by atoms with Crippen LogP contribution in [0.3, 0.4) is 0 Å². The summed E-state index contributed by atoms with van der Waals surface area (Å²) in [4.78, 5) is 12.6. The maximum Gasteiger partial charge on any atom is 0.339 e. The summed E-state index contributed by atoms with van der Waals surface area (Å²) in [6.45, 7) is 1.86. The number of rotatable bonds is 7. The average molecular weight is 475 g/mol. The number of hydrogen-bond donors (Lipinski definition) is 1. The van der Waals surface area contributed by atoms with Crippen molar-refractivity contribution in [2.24, 2.45) is 5.10 Å². The summed E-state index contributed by atoms with van der Waals surface area (Å²) in [5.41, 5.74) is 4.14. The van der Waals surface area contributed by atoms with Crippen LogP contribution in [0.15, 0.2) is 94.9 Å². The third kappa shape index (κ3) is 5.07. The van der Waals surface area contributed by atoms with Gasteiger partial charge in [0.2, 0.25) is 0 Å². The topological polar surface area (TPSA) is 94.1 Å². The molecule has 0 atom stereocenters. The molecule has 0 saturated heterocycles. The molecular formula is C26H22N2O5S. The first-order valence-corrected chi connectivity index (χ1v) is 11.8. The van der Waals surface area contributed by atoms with E-state index in [1.807, 2.05) is 37.3 Å². The lowest BCUT2D eigenvalue weighted by atomic mass is 10.1.